The highest BCUT2D eigenvalue weighted by atomic mass is 35.5. The molecule has 1 amide bonds. The number of hydrogen-bond acceptors (Lipinski definition) is 4. The molecule has 1 heterocycles. The molecule has 1 aromatic carbocycles. The minimum absolute atomic E-state index is 0. The van der Waals surface area contributed by atoms with Gasteiger partial charge in [-0.3, -0.25) is 4.79 Å². The summed E-state index contributed by atoms with van der Waals surface area (Å²) >= 11 is 0. The van der Waals surface area contributed by atoms with Gasteiger partial charge in [0.15, 0.2) is 0 Å². The number of nitrogens with two attached hydrogens (primary N) is 1. The molecular weight excluding hydrogens is 266 g/mol. The molecule has 3 rings (SSSR count). The first-order valence-electron chi connectivity index (χ1n) is 5.74. The van der Waals surface area contributed by atoms with Crippen LogP contribution in [0.25, 0.3) is 5.69 Å². The van der Waals surface area contributed by atoms with E-state index in [-0.39, 0.29) is 18.3 Å². The lowest BCUT2D eigenvalue weighted by Gasteiger charge is -2.10. The monoisotopic (exact) mass is 279 g/mol. The quantitative estimate of drug-likeness (QED) is 0.881. The molecule has 1 aromatic heterocycles. The van der Waals surface area contributed by atoms with Gasteiger partial charge in [0.1, 0.15) is 0 Å². The number of halogens is 1. The van der Waals surface area contributed by atoms with Crippen molar-refractivity contribution in [1.29, 1.82) is 0 Å². The van der Waals surface area contributed by atoms with Gasteiger partial charge in [0.2, 0.25) is 5.91 Å². The van der Waals surface area contributed by atoms with E-state index in [0.29, 0.717) is 0 Å². The maximum absolute atomic E-state index is 11.7. The maximum atomic E-state index is 11.7. The van der Waals surface area contributed by atoms with Gasteiger partial charge in [0.25, 0.3) is 0 Å². The van der Waals surface area contributed by atoms with Crippen molar-refractivity contribution in [1.82, 2.24) is 15.0 Å². The predicted molar refractivity (Wildman–Crippen MR) is 73.4 cm³/mol. The van der Waals surface area contributed by atoms with Crippen molar-refractivity contribution in [2.75, 3.05) is 5.32 Å². The Morgan fingerprint density at radius 3 is 2.32 bits per heavy atom. The number of nitrogens with one attached hydrogen (secondary N) is 1. The highest BCUT2D eigenvalue weighted by Gasteiger charge is 2.45. The van der Waals surface area contributed by atoms with E-state index in [2.05, 4.69) is 15.5 Å². The molecule has 0 saturated heterocycles. The number of benzene rings is 1. The number of carbonyl (C=O) groups excluding carboxylic acids is 1. The third kappa shape index (κ3) is 2.74. The summed E-state index contributed by atoms with van der Waals surface area (Å²) in [6, 6.07) is 7.29. The van der Waals surface area contributed by atoms with Crippen LogP contribution in [0.5, 0.6) is 0 Å². The average molecular weight is 280 g/mol. The van der Waals surface area contributed by atoms with Crippen LogP contribution in [0.15, 0.2) is 36.7 Å². The molecule has 0 atom stereocenters. The number of anilines is 1. The standard InChI is InChI=1S/C12H13N5O.ClH/c13-12(5-6-12)11(18)16-9-1-3-10(4-2-9)17-14-7-8-15-17;/h1-4,7-8H,5-6,13H2,(H,16,18);1H. The summed E-state index contributed by atoms with van der Waals surface area (Å²) < 4.78 is 0. The smallest absolute Gasteiger partial charge is 0.244 e. The molecule has 19 heavy (non-hydrogen) atoms. The summed E-state index contributed by atoms with van der Waals surface area (Å²) in [5.41, 5.74) is 6.73. The molecule has 100 valence electrons. The Labute approximate surface area is 116 Å². The molecule has 0 bridgehead atoms. The summed E-state index contributed by atoms with van der Waals surface area (Å²) in [5, 5.41) is 10.9. The summed E-state index contributed by atoms with van der Waals surface area (Å²) in [6.07, 6.45) is 4.74. The van der Waals surface area contributed by atoms with Gasteiger partial charge in [0, 0.05) is 5.69 Å². The molecule has 2 aromatic rings. The number of rotatable bonds is 3. The van der Waals surface area contributed by atoms with Crippen molar-refractivity contribution in [3.63, 3.8) is 0 Å². The summed E-state index contributed by atoms with van der Waals surface area (Å²) in [6.45, 7) is 0. The summed E-state index contributed by atoms with van der Waals surface area (Å²) in [4.78, 5) is 13.3. The van der Waals surface area contributed by atoms with Gasteiger partial charge in [-0.2, -0.15) is 15.0 Å². The topological polar surface area (TPSA) is 85.8 Å². The van der Waals surface area contributed by atoms with Crippen LogP contribution < -0.4 is 11.1 Å². The Morgan fingerprint density at radius 1 is 1.21 bits per heavy atom. The Hall–Kier alpha value is -1.92. The van der Waals surface area contributed by atoms with E-state index in [1.807, 2.05) is 24.3 Å². The van der Waals surface area contributed by atoms with E-state index in [0.717, 1.165) is 24.2 Å². The van der Waals surface area contributed by atoms with E-state index in [1.165, 1.54) is 4.80 Å². The van der Waals surface area contributed by atoms with Crippen LogP contribution in [0.2, 0.25) is 0 Å². The highest BCUT2D eigenvalue weighted by molar-refractivity contribution is 6.00. The van der Waals surface area contributed by atoms with Gasteiger partial charge < -0.3 is 11.1 Å². The lowest BCUT2D eigenvalue weighted by molar-refractivity contribution is -0.118. The lowest BCUT2D eigenvalue weighted by atomic mass is 10.2. The van der Waals surface area contributed by atoms with E-state index < -0.39 is 5.54 Å². The third-order valence-corrected chi connectivity index (χ3v) is 3.02. The van der Waals surface area contributed by atoms with E-state index >= 15 is 0 Å². The number of aromatic nitrogens is 3. The third-order valence-electron chi connectivity index (χ3n) is 3.02. The number of hydrogen-bond donors (Lipinski definition) is 2. The molecule has 6 nitrogen and oxygen atoms in total. The molecule has 0 unspecified atom stereocenters. The van der Waals surface area contributed by atoms with Gasteiger partial charge >= 0.3 is 0 Å². The van der Waals surface area contributed by atoms with Gasteiger partial charge in [0.05, 0.1) is 23.6 Å². The zero-order valence-corrected chi connectivity index (χ0v) is 10.9. The average Bonchev–Trinajstić information content (AvgIpc) is 2.94. The second-order valence-corrected chi connectivity index (χ2v) is 4.48. The minimum Gasteiger partial charge on any atom is -0.324 e. The van der Waals surface area contributed by atoms with Crippen molar-refractivity contribution in [2.24, 2.45) is 5.73 Å². The lowest BCUT2D eigenvalue weighted by Crippen LogP contribution is -2.37. The van der Waals surface area contributed by atoms with E-state index in [9.17, 15) is 4.79 Å². The highest BCUT2D eigenvalue weighted by Crippen LogP contribution is 2.33. The van der Waals surface area contributed by atoms with Crippen molar-refractivity contribution in [3.8, 4) is 5.69 Å². The predicted octanol–water partition coefficient (Wildman–Crippen LogP) is 1.12. The SMILES string of the molecule is Cl.NC1(C(=O)Nc2ccc(-n3nccn3)cc2)CC1. The molecule has 3 N–H and O–H groups in total. The summed E-state index contributed by atoms with van der Waals surface area (Å²) in [5.74, 6) is -0.118. The molecule has 1 fully saturated rings. The fourth-order valence-electron chi connectivity index (χ4n) is 1.64. The fourth-order valence-corrected chi connectivity index (χ4v) is 1.64. The molecule has 1 saturated carbocycles. The van der Waals surface area contributed by atoms with E-state index in [1.54, 1.807) is 12.4 Å². The van der Waals surface area contributed by atoms with Crippen molar-refractivity contribution >= 4 is 24.0 Å². The molecule has 7 heteroatoms. The summed E-state index contributed by atoms with van der Waals surface area (Å²) in [7, 11) is 0. The van der Waals surface area contributed by atoms with Crippen LogP contribution in [0.4, 0.5) is 5.69 Å². The second-order valence-electron chi connectivity index (χ2n) is 4.48. The second kappa shape index (κ2) is 4.99. The van der Waals surface area contributed by atoms with Crippen molar-refractivity contribution in [3.05, 3.63) is 36.7 Å². The first kappa shape index (κ1) is 13.5. The molecule has 1 aliphatic rings. The van der Waals surface area contributed by atoms with Crippen LogP contribution in [0.3, 0.4) is 0 Å². The first-order valence-corrected chi connectivity index (χ1v) is 5.74. The molecule has 1 aliphatic carbocycles. The van der Waals surface area contributed by atoms with Crippen LogP contribution in [0, 0.1) is 0 Å². The van der Waals surface area contributed by atoms with Crippen LogP contribution in [0.1, 0.15) is 12.8 Å². The van der Waals surface area contributed by atoms with Gasteiger partial charge in [-0.25, -0.2) is 0 Å². The van der Waals surface area contributed by atoms with Crippen molar-refractivity contribution in [2.45, 2.75) is 18.4 Å². The largest absolute Gasteiger partial charge is 0.324 e. The molecular formula is C12H14ClN5O. The normalized spacial score (nSPS) is 15.4. The molecule has 0 aliphatic heterocycles. The van der Waals surface area contributed by atoms with Crippen molar-refractivity contribution < 1.29 is 4.79 Å². The molecule has 0 spiro atoms. The van der Waals surface area contributed by atoms with Crippen LogP contribution in [-0.2, 0) is 4.79 Å². The van der Waals surface area contributed by atoms with Gasteiger partial charge in [-0.1, -0.05) is 0 Å². The minimum atomic E-state index is -0.651. The zero-order chi connectivity index (χ0) is 12.6. The Morgan fingerprint density at radius 2 is 1.79 bits per heavy atom. The fraction of sp³-hybridized carbons (Fsp3) is 0.250. The van der Waals surface area contributed by atoms with Crippen LogP contribution >= 0.6 is 12.4 Å². The van der Waals surface area contributed by atoms with Gasteiger partial charge in [-0.05, 0) is 37.1 Å². The van der Waals surface area contributed by atoms with Crippen LogP contribution in [-0.4, -0.2) is 26.4 Å². The number of carbonyl (C=O) groups is 1. The first-order chi connectivity index (χ1) is 8.67. The van der Waals surface area contributed by atoms with Gasteiger partial charge in [-0.15, -0.1) is 12.4 Å². The number of amides is 1. The van der Waals surface area contributed by atoms with E-state index in [4.69, 9.17) is 5.73 Å². The Kier molecular flexibility index (Phi) is 3.55. The zero-order valence-electron chi connectivity index (χ0n) is 10.1. The number of nitrogens with zero attached hydrogens (tertiary/aromatic N) is 3. The Balaban J connectivity index is 0.00000133. The molecule has 0 radical (unpaired) electrons. The maximum Gasteiger partial charge on any atom is 0.244 e. The Bertz CT molecular complexity index is 562.